The molecule has 1 saturated heterocycles. The van der Waals surface area contributed by atoms with Gasteiger partial charge in [-0.15, -0.1) is 0 Å². The Bertz CT molecular complexity index is 391. The molecule has 0 amide bonds. The van der Waals surface area contributed by atoms with Gasteiger partial charge in [0.15, 0.2) is 0 Å². The Morgan fingerprint density at radius 3 is 2.89 bits per heavy atom. The summed E-state index contributed by atoms with van der Waals surface area (Å²) in [4.78, 5) is 2.70. The standard InChI is InChI=1S/C15H26N4/c1-18-14(7-10-17-18)8-11-19(15-5-6-15)12-13-4-2-3-9-16-13/h7,10,13,15-16H,2-6,8-9,11-12H2,1H3. The van der Waals surface area contributed by atoms with E-state index < -0.39 is 0 Å². The molecule has 2 heterocycles. The molecule has 4 heteroatoms. The molecule has 0 bridgehead atoms. The van der Waals surface area contributed by atoms with E-state index in [2.05, 4.69) is 21.4 Å². The molecule has 1 aromatic heterocycles. The summed E-state index contributed by atoms with van der Waals surface area (Å²) in [6.07, 6.45) is 9.94. The Morgan fingerprint density at radius 2 is 2.26 bits per heavy atom. The monoisotopic (exact) mass is 262 g/mol. The fraction of sp³-hybridized carbons (Fsp3) is 0.800. The molecule has 1 aromatic rings. The third-order valence-corrected chi connectivity index (χ3v) is 4.51. The molecule has 106 valence electrons. The van der Waals surface area contributed by atoms with Gasteiger partial charge in [0.1, 0.15) is 0 Å². The topological polar surface area (TPSA) is 33.1 Å². The molecule has 19 heavy (non-hydrogen) atoms. The zero-order valence-electron chi connectivity index (χ0n) is 12.0. The Morgan fingerprint density at radius 1 is 1.37 bits per heavy atom. The molecule has 4 nitrogen and oxygen atoms in total. The van der Waals surface area contributed by atoms with Crippen LogP contribution in [0.15, 0.2) is 12.3 Å². The second-order valence-corrected chi connectivity index (χ2v) is 6.07. The van der Waals surface area contributed by atoms with Crippen LogP contribution < -0.4 is 5.32 Å². The summed E-state index contributed by atoms with van der Waals surface area (Å²) in [6, 6.07) is 3.72. The lowest BCUT2D eigenvalue weighted by Gasteiger charge is -2.30. The van der Waals surface area contributed by atoms with Crippen LogP contribution in [0.2, 0.25) is 0 Å². The van der Waals surface area contributed by atoms with Gasteiger partial charge < -0.3 is 5.32 Å². The molecule has 3 rings (SSSR count). The molecule has 1 saturated carbocycles. The number of piperidine rings is 1. The van der Waals surface area contributed by atoms with Gasteiger partial charge in [0.2, 0.25) is 0 Å². The zero-order valence-corrected chi connectivity index (χ0v) is 12.0. The van der Waals surface area contributed by atoms with E-state index in [1.807, 2.05) is 17.9 Å². The quantitative estimate of drug-likeness (QED) is 0.845. The highest BCUT2D eigenvalue weighted by molar-refractivity contribution is 5.01. The van der Waals surface area contributed by atoms with E-state index >= 15 is 0 Å². The van der Waals surface area contributed by atoms with Crippen LogP contribution in [0.4, 0.5) is 0 Å². The lowest BCUT2D eigenvalue weighted by atomic mass is 10.0. The van der Waals surface area contributed by atoms with Crippen molar-refractivity contribution in [2.24, 2.45) is 7.05 Å². The number of nitrogens with one attached hydrogen (secondary N) is 1. The molecule has 2 aliphatic rings. The molecule has 1 atom stereocenters. The number of rotatable bonds is 6. The van der Waals surface area contributed by atoms with Crippen LogP contribution in [-0.4, -0.2) is 46.4 Å². The van der Waals surface area contributed by atoms with Gasteiger partial charge in [-0.2, -0.15) is 5.10 Å². The second kappa shape index (κ2) is 6.06. The van der Waals surface area contributed by atoms with Gasteiger partial charge >= 0.3 is 0 Å². The fourth-order valence-corrected chi connectivity index (χ4v) is 3.13. The molecular formula is C15H26N4. The second-order valence-electron chi connectivity index (χ2n) is 6.07. The summed E-state index contributed by atoms with van der Waals surface area (Å²) in [5.74, 6) is 0. The lowest BCUT2D eigenvalue weighted by Crippen LogP contribution is -2.45. The highest BCUT2D eigenvalue weighted by Gasteiger charge is 2.30. The van der Waals surface area contributed by atoms with E-state index in [0.717, 1.165) is 18.5 Å². The Hall–Kier alpha value is -0.870. The van der Waals surface area contributed by atoms with Crippen LogP contribution in [0.5, 0.6) is 0 Å². The fourth-order valence-electron chi connectivity index (χ4n) is 3.13. The minimum atomic E-state index is 0.723. The van der Waals surface area contributed by atoms with Crippen LogP contribution in [0, 0.1) is 0 Å². The first-order chi connectivity index (χ1) is 9.33. The molecule has 0 spiro atoms. The Labute approximate surface area is 116 Å². The van der Waals surface area contributed by atoms with Gasteiger partial charge in [0.05, 0.1) is 0 Å². The van der Waals surface area contributed by atoms with Gasteiger partial charge in [-0.05, 0) is 38.3 Å². The Kier molecular flexibility index (Phi) is 4.18. The van der Waals surface area contributed by atoms with E-state index in [-0.39, 0.29) is 0 Å². The van der Waals surface area contributed by atoms with Gasteiger partial charge in [0, 0.05) is 50.5 Å². The molecule has 0 radical (unpaired) electrons. The van der Waals surface area contributed by atoms with Crippen LogP contribution in [0.25, 0.3) is 0 Å². The van der Waals surface area contributed by atoms with Crippen LogP contribution in [-0.2, 0) is 13.5 Å². The predicted molar refractivity (Wildman–Crippen MR) is 77.1 cm³/mol. The largest absolute Gasteiger partial charge is 0.313 e. The Balaban J connectivity index is 1.51. The predicted octanol–water partition coefficient (Wildman–Crippen LogP) is 1.57. The first-order valence-corrected chi connectivity index (χ1v) is 7.77. The zero-order chi connectivity index (χ0) is 13.1. The van der Waals surface area contributed by atoms with E-state index in [1.165, 1.54) is 57.4 Å². The maximum atomic E-state index is 4.26. The maximum absolute atomic E-state index is 4.26. The highest BCUT2D eigenvalue weighted by Crippen LogP contribution is 2.27. The summed E-state index contributed by atoms with van der Waals surface area (Å²) >= 11 is 0. The summed E-state index contributed by atoms with van der Waals surface area (Å²) in [5, 5.41) is 7.93. The van der Waals surface area contributed by atoms with Crippen molar-refractivity contribution in [1.82, 2.24) is 20.0 Å². The molecule has 1 aliphatic carbocycles. The van der Waals surface area contributed by atoms with Gasteiger partial charge in [0.25, 0.3) is 0 Å². The number of aromatic nitrogens is 2. The summed E-state index contributed by atoms with van der Waals surface area (Å²) in [5.41, 5.74) is 1.35. The van der Waals surface area contributed by atoms with Crippen LogP contribution in [0.3, 0.4) is 0 Å². The summed E-state index contributed by atoms with van der Waals surface area (Å²) < 4.78 is 2.00. The summed E-state index contributed by atoms with van der Waals surface area (Å²) in [6.45, 7) is 3.63. The number of nitrogens with zero attached hydrogens (tertiary/aromatic N) is 3. The van der Waals surface area contributed by atoms with Crippen LogP contribution in [0.1, 0.15) is 37.8 Å². The number of hydrogen-bond acceptors (Lipinski definition) is 3. The normalized spacial score (nSPS) is 24.0. The minimum Gasteiger partial charge on any atom is -0.313 e. The van der Waals surface area contributed by atoms with E-state index in [0.29, 0.717) is 0 Å². The van der Waals surface area contributed by atoms with Crippen molar-refractivity contribution in [3.05, 3.63) is 18.0 Å². The van der Waals surface area contributed by atoms with E-state index in [1.54, 1.807) is 0 Å². The third kappa shape index (κ3) is 3.57. The smallest absolute Gasteiger partial charge is 0.0492 e. The van der Waals surface area contributed by atoms with Gasteiger partial charge in [-0.25, -0.2) is 0 Å². The van der Waals surface area contributed by atoms with Crippen molar-refractivity contribution in [1.29, 1.82) is 0 Å². The average Bonchev–Trinajstić information content (AvgIpc) is 3.20. The van der Waals surface area contributed by atoms with Crippen molar-refractivity contribution in [3.8, 4) is 0 Å². The number of hydrogen-bond donors (Lipinski definition) is 1. The molecule has 1 unspecified atom stereocenters. The molecule has 0 aromatic carbocycles. The SMILES string of the molecule is Cn1nccc1CCN(CC1CCCCN1)C1CC1. The molecule has 2 fully saturated rings. The summed E-state index contributed by atoms with van der Waals surface area (Å²) in [7, 11) is 2.04. The molecule has 1 aliphatic heterocycles. The van der Waals surface area contributed by atoms with Gasteiger partial charge in [-0.1, -0.05) is 6.42 Å². The van der Waals surface area contributed by atoms with Crippen LogP contribution >= 0.6 is 0 Å². The molecular weight excluding hydrogens is 236 g/mol. The van der Waals surface area contributed by atoms with Crippen molar-refractivity contribution < 1.29 is 0 Å². The van der Waals surface area contributed by atoms with Gasteiger partial charge in [-0.3, -0.25) is 9.58 Å². The van der Waals surface area contributed by atoms with E-state index in [9.17, 15) is 0 Å². The average molecular weight is 262 g/mol. The van der Waals surface area contributed by atoms with Crippen molar-refractivity contribution in [2.45, 2.75) is 50.6 Å². The lowest BCUT2D eigenvalue weighted by molar-refractivity contribution is 0.216. The van der Waals surface area contributed by atoms with Crippen molar-refractivity contribution in [2.75, 3.05) is 19.6 Å². The molecule has 1 N–H and O–H groups in total. The first-order valence-electron chi connectivity index (χ1n) is 7.77. The third-order valence-electron chi connectivity index (χ3n) is 4.51. The van der Waals surface area contributed by atoms with Crippen molar-refractivity contribution in [3.63, 3.8) is 0 Å². The number of aryl methyl sites for hydroxylation is 1. The van der Waals surface area contributed by atoms with E-state index in [4.69, 9.17) is 0 Å². The minimum absolute atomic E-state index is 0.723. The first kappa shape index (κ1) is 13.1. The van der Waals surface area contributed by atoms with Crippen molar-refractivity contribution >= 4 is 0 Å². The highest BCUT2D eigenvalue weighted by atomic mass is 15.3. The maximum Gasteiger partial charge on any atom is 0.0492 e.